The minimum Gasteiger partial charge on any atom is -0.456 e. The van der Waals surface area contributed by atoms with Gasteiger partial charge in [-0.05, 0) is 243 Å². The van der Waals surface area contributed by atoms with Gasteiger partial charge in [0.25, 0.3) is 0 Å². The lowest BCUT2D eigenvalue weighted by atomic mass is 9.96. The zero-order valence-electron chi connectivity index (χ0n) is 69.4. The van der Waals surface area contributed by atoms with Crippen LogP contribution < -0.4 is 9.80 Å². The molecule has 6 heteroatoms. The van der Waals surface area contributed by atoms with Gasteiger partial charge in [-0.2, -0.15) is 0 Å². The predicted molar refractivity (Wildman–Crippen MR) is 538 cm³/mol. The van der Waals surface area contributed by atoms with Crippen LogP contribution >= 0.6 is 0 Å². The highest BCUT2D eigenvalue weighted by molar-refractivity contribution is 6.20. The number of hydrogen-bond donors (Lipinski definition) is 0. The van der Waals surface area contributed by atoms with Crippen molar-refractivity contribution in [1.82, 2.24) is 4.57 Å². The lowest BCUT2D eigenvalue weighted by Gasteiger charge is -2.28. The molecule has 4 aromatic heterocycles. The average Bonchev–Trinajstić information content (AvgIpc) is 1.57. The number of furan rings is 3. The van der Waals surface area contributed by atoms with E-state index in [4.69, 9.17) is 13.3 Å². The number of nitrogens with zero attached hydrogens (tertiary/aromatic N) is 3. The second-order valence-electron chi connectivity index (χ2n) is 33.7. The molecule has 596 valence electrons. The Hall–Kier alpha value is -17.1. The van der Waals surface area contributed by atoms with Gasteiger partial charge in [0, 0.05) is 93.8 Å². The maximum absolute atomic E-state index is 7.27. The predicted octanol–water partition coefficient (Wildman–Crippen LogP) is 34.9. The molecule has 0 aliphatic rings. The van der Waals surface area contributed by atoms with Gasteiger partial charge in [0.1, 0.15) is 33.5 Å². The van der Waals surface area contributed by atoms with E-state index in [2.05, 4.69) is 457 Å². The molecule has 0 spiro atoms. The quantitative estimate of drug-likeness (QED) is 0.102. The normalized spacial score (nSPS) is 11.9. The van der Waals surface area contributed by atoms with Crippen molar-refractivity contribution in [3.05, 3.63) is 455 Å². The second kappa shape index (κ2) is 29.3. The fraction of sp³-hybridized carbons (Fsp3) is 0. The van der Waals surface area contributed by atoms with E-state index < -0.39 is 0 Å². The smallest absolute Gasteiger partial charge is 0.143 e. The molecular formula is C122H75N3O3. The highest BCUT2D eigenvalue weighted by Gasteiger charge is 2.27. The molecule has 0 unspecified atom stereocenters. The molecule has 0 aliphatic carbocycles. The fourth-order valence-electron chi connectivity index (χ4n) is 20.4. The van der Waals surface area contributed by atoms with Crippen LogP contribution in [0.25, 0.3) is 225 Å². The Morgan fingerprint density at radius 1 is 0.172 bits per heavy atom. The zero-order valence-corrected chi connectivity index (χ0v) is 69.4. The molecule has 0 saturated carbocycles. The molecule has 0 atom stereocenters. The summed E-state index contributed by atoms with van der Waals surface area (Å²) in [4.78, 5) is 4.78. The van der Waals surface area contributed by atoms with Gasteiger partial charge >= 0.3 is 0 Å². The number of hydrogen-bond acceptors (Lipinski definition) is 5. The molecule has 0 radical (unpaired) electrons. The molecule has 0 amide bonds. The van der Waals surface area contributed by atoms with E-state index in [-0.39, 0.29) is 0 Å². The average molecular weight is 1630 g/mol. The van der Waals surface area contributed by atoms with E-state index in [1.807, 2.05) is 12.1 Å². The third kappa shape index (κ3) is 11.9. The van der Waals surface area contributed by atoms with E-state index in [1.54, 1.807) is 0 Å². The Balaban J connectivity index is 0.538. The minimum atomic E-state index is 0.829. The first-order valence-corrected chi connectivity index (χ1v) is 43.8. The summed E-state index contributed by atoms with van der Waals surface area (Å²) >= 11 is 0. The van der Waals surface area contributed by atoms with E-state index in [9.17, 15) is 0 Å². The highest BCUT2D eigenvalue weighted by Crippen LogP contribution is 2.51. The molecule has 0 N–H and O–H groups in total. The third-order valence-electron chi connectivity index (χ3n) is 26.5. The fourth-order valence-corrected chi connectivity index (χ4v) is 20.4. The molecule has 128 heavy (non-hydrogen) atoms. The van der Waals surface area contributed by atoms with Crippen molar-refractivity contribution in [3.63, 3.8) is 0 Å². The van der Waals surface area contributed by atoms with Crippen molar-refractivity contribution in [1.29, 1.82) is 0 Å². The summed E-state index contributed by atoms with van der Waals surface area (Å²) in [6, 6.07) is 166. The van der Waals surface area contributed by atoms with Gasteiger partial charge in [0.15, 0.2) is 0 Å². The van der Waals surface area contributed by atoms with Gasteiger partial charge in [0.2, 0.25) is 0 Å². The van der Waals surface area contributed by atoms with Crippen LogP contribution in [0.5, 0.6) is 0 Å². The van der Waals surface area contributed by atoms with Gasteiger partial charge in [-0.15, -0.1) is 0 Å². The topological polar surface area (TPSA) is 50.8 Å². The number of aromatic nitrogens is 1. The Morgan fingerprint density at radius 3 is 1.27 bits per heavy atom. The number of fused-ring (bicyclic) bond motifs is 18. The van der Waals surface area contributed by atoms with Gasteiger partial charge in [-0.1, -0.05) is 322 Å². The van der Waals surface area contributed by atoms with Crippen molar-refractivity contribution in [3.8, 4) is 83.6 Å². The largest absolute Gasteiger partial charge is 0.456 e. The molecule has 26 rings (SSSR count). The summed E-state index contributed by atoms with van der Waals surface area (Å²) in [5, 5.41) is 20.9. The SMILES string of the molecule is c1cc(-c2ccc(N(c3ccc(-c4ccc5c(ccc6ccccc65)c4)cc3)c3ccccc3-c3cccc4c3oc3cc5ccccc5cc34)cc2)cc(-n2c3ccccc3c3c(-c4ccc5cc6c(cc5c4)oc4c(-c5ccccc5N(c5ccc(-c7ccc(-c8cccc9ccccc89)cc7)cc5)c5ccc7oc8ccccc8c7c5)cccc46)cccc32)c1. The molecule has 4 heterocycles. The van der Waals surface area contributed by atoms with Crippen molar-refractivity contribution < 1.29 is 13.3 Å². The molecule has 22 aromatic carbocycles. The maximum Gasteiger partial charge on any atom is 0.143 e. The number of para-hydroxylation sites is 6. The molecule has 26 aromatic rings. The van der Waals surface area contributed by atoms with Crippen LogP contribution in [0.4, 0.5) is 34.1 Å². The zero-order chi connectivity index (χ0) is 84.0. The lowest BCUT2D eigenvalue weighted by molar-refractivity contribution is 0.669. The maximum atomic E-state index is 7.27. The third-order valence-corrected chi connectivity index (χ3v) is 26.5. The van der Waals surface area contributed by atoms with E-state index in [0.29, 0.717) is 0 Å². The van der Waals surface area contributed by atoms with Crippen molar-refractivity contribution in [2.75, 3.05) is 9.80 Å². The molecule has 6 nitrogen and oxygen atoms in total. The van der Waals surface area contributed by atoms with Gasteiger partial charge in [-0.25, -0.2) is 0 Å². The molecule has 0 fully saturated rings. The lowest BCUT2D eigenvalue weighted by Crippen LogP contribution is -2.11. The summed E-state index contributed by atoms with van der Waals surface area (Å²) in [7, 11) is 0. The van der Waals surface area contributed by atoms with E-state index in [0.717, 1.165) is 194 Å². The van der Waals surface area contributed by atoms with E-state index in [1.165, 1.54) is 65.2 Å². The monoisotopic (exact) mass is 1630 g/mol. The van der Waals surface area contributed by atoms with Gasteiger partial charge in [-0.3, -0.25) is 0 Å². The Bertz CT molecular complexity index is 9010. The highest BCUT2D eigenvalue weighted by atomic mass is 16.3. The first kappa shape index (κ1) is 72.6. The Labute approximate surface area is 736 Å². The van der Waals surface area contributed by atoms with Crippen molar-refractivity contribution in [2.45, 2.75) is 0 Å². The molecular weight excluding hydrogens is 1560 g/mol. The Morgan fingerprint density at radius 2 is 0.578 bits per heavy atom. The number of rotatable bonds is 14. The number of anilines is 6. The van der Waals surface area contributed by atoms with Crippen LogP contribution in [0.15, 0.2) is 468 Å². The minimum absolute atomic E-state index is 0.829. The van der Waals surface area contributed by atoms with Crippen molar-refractivity contribution >= 4 is 176 Å². The Kier molecular flexibility index (Phi) is 16.6. The summed E-state index contributed by atoms with van der Waals surface area (Å²) < 4.78 is 23.1. The summed E-state index contributed by atoms with van der Waals surface area (Å²) in [6.07, 6.45) is 0. The standard InChI is InChI=1S/C122H75N3O3/c1-2-23-85-73-118-109(71-84(85)22-1)106-37-17-35-104(121(106)127-118)101-29-7-11-39-112(101)123(92-63-56-79(57-64-92)86-58-66-99-88(68-86)50-48-81-21-4-6-28-97(81)99)91-61-54-78(55-62-91)83-25-15-26-94(70-83)125-114-41-13-9-32-108(114)120-100(34-19-42-115(120)125)89-51-49-87-72-110-107-38-18-36-105(122(107)128-119(110)74-90(87)69-89)102-30-8-12-40-113(102)124(95-65-67-117-111(75-95)103-31-10-14-43-116(103)126-117)93-59-52-77(53-60-93)76-44-46-82(47-45-76)98-33-16-24-80-20-3-5-27-96(80)98/h1-75H. The van der Waals surface area contributed by atoms with Crippen molar-refractivity contribution in [2.24, 2.45) is 0 Å². The summed E-state index contributed by atoms with van der Waals surface area (Å²) in [5.74, 6) is 0. The van der Waals surface area contributed by atoms with E-state index >= 15 is 0 Å². The second-order valence-corrected chi connectivity index (χ2v) is 33.7. The van der Waals surface area contributed by atoms with Crippen LogP contribution in [0, 0.1) is 0 Å². The van der Waals surface area contributed by atoms with Crippen LogP contribution in [0.1, 0.15) is 0 Å². The van der Waals surface area contributed by atoms with Crippen LogP contribution in [0.2, 0.25) is 0 Å². The van der Waals surface area contributed by atoms with Gasteiger partial charge in [0.05, 0.1) is 22.4 Å². The number of benzene rings is 22. The molecule has 0 saturated heterocycles. The first-order chi connectivity index (χ1) is 63.4. The van der Waals surface area contributed by atoms with Crippen LogP contribution in [0.3, 0.4) is 0 Å². The summed E-state index contributed by atoms with van der Waals surface area (Å²) in [5.41, 5.74) is 30.2. The van der Waals surface area contributed by atoms with Crippen LogP contribution in [-0.2, 0) is 0 Å². The summed E-state index contributed by atoms with van der Waals surface area (Å²) in [6.45, 7) is 0. The van der Waals surface area contributed by atoms with Gasteiger partial charge < -0.3 is 27.6 Å². The van der Waals surface area contributed by atoms with Crippen LogP contribution in [-0.4, -0.2) is 4.57 Å². The molecule has 0 aliphatic heterocycles. The molecule has 0 bridgehead atoms. The first-order valence-electron chi connectivity index (χ1n) is 43.8.